The van der Waals surface area contributed by atoms with Crippen molar-refractivity contribution in [1.29, 1.82) is 0 Å². The van der Waals surface area contributed by atoms with Crippen molar-refractivity contribution in [1.82, 2.24) is 9.55 Å². The predicted octanol–water partition coefficient (Wildman–Crippen LogP) is 4.99. The molecule has 1 aromatic rings. The van der Waals surface area contributed by atoms with E-state index in [1.54, 1.807) is 6.92 Å². The molecule has 0 saturated carbocycles. The molecular weight excluding hydrogens is 691 g/mol. The van der Waals surface area contributed by atoms with Crippen LogP contribution in [0, 0.1) is 6.92 Å². The average Bonchev–Trinajstić information content (AvgIpc) is 3.26. The van der Waals surface area contributed by atoms with E-state index in [9.17, 15) is 18.0 Å². The molecule has 2 unspecified atom stereocenters. The fraction of sp³-hybridized carbons (Fsp3) is 0.806. The Hall–Kier alpha value is -1.42. The third kappa shape index (κ3) is 6.45. The molecule has 17 heteroatoms. The van der Waals surface area contributed by atoms with Crippen LogP contribution in [0.3, 0.4) is 0 Å². The Balaban J connectivity index is 2.03. The van der Waals surface area contributed by atoms with Crippen molar-refractivity contribution < 1.29 is 34.7 Å². The minimum Gasteiger partial charge on any atom is -0.414 e. The lowest BCUT2D eigenvalue weighted by Gasteiger charge is -2.46. The van der Waals surface area contributed by atoms with Gasteiger partial charge in [0.25, 0.3) is 15.7 Å². The van der Waals surface area contributed by atoms with Gasteiger partial charge >= 0.3 is 22.8 Å². The topological polar surface area (TPSA) is 170 Å². The summed E-state index contributed by atoms with van der Waals surface area (Å²) in [7, 11) is -13.2. The molecule has 2 saturated heterocycles. The summed E-state index contributed by atoms with van der Waals surface area (Å²) in [5.41, 5.74) is 3.72. The van der Waals surface area contributed by atoms with Gasteiger partial charge in [-0.25, -0.2) is 8.98 Å². The molecule has 2 fully saturated rings. The van der Waals surface area contributed by atoms with E-state index in [-0.39, 0.29) is 45.1 Å². The summed E-state index contributed by atoms with van der Waals surface area (Å²) < 4.78 is 69.3. The van der Waals surface area contributed by atoms with Gasteiger partial charge in [-0.05, 0) is 47.2 Å². The van der Waals surface area contributed by atoms with Crippen molar-refractivity contribution in [2.75, 3.05) is 6.61 Å². The molecule has 0 radical (unpaired) electrons. The second kappa shape index (κ2) is 13.0. The van der Waals surface area contributed by atoms with Crippen molar-refractivity contribution in [2.45, 2.75) is 154 Å². The molecule has 3 aliphatic heterocycles. The van der Waals surface area contributed by atoms with Crippen LogP contribution in [-0.2, 0) is 36.4 Å². The quantitative estimate of drug-likeness (QED) is 0.271. The van der Waals surface area contributed by atoms with Gasteiger partial charge in [0, 0.05) is 11.8 Å². The van der Waals surface area contributed by atoms with Gasteiger partial charge in [0.2, 0.25) is 0 Å². The maximum absolute atomic E-state index is 13.5. The Morgan fingerprint density at radius 3 is 2.02 bits per heavy atom. The van der Waals surface area contributed by atoms with E-state index in [1.165, 1.54) is 10.8 Å². The Morgan fingerprint density at radius 2 is 1.56 bits per heavy atom. The van der Waals surface area contributed by atoms with Crippen LogP contribution in [0.5, 0.6) is 0 Å². The van der Waals surface area contributed by atoms with E-state index in [0.29, 0.717) is 0 Å². The van der Waals surface area contributed by atoms with Crippen molar-refractivity contribution in [3.63, 3.8) is 0 Å². The third-order valence-electron chi connectivity index (χ3n) is 10.7. The zero-order chi connectivity index (χ0) is 36.6. The first-order valence-corrected chi connectivity index (χ1v) is 25.2. The van der Waals surface area contributed by atoms with Crippen LogP contribution >= 0.6 is 0 Å². The van der Waals surface area contributed by atoms with Gasteiger partial charge in [0.05, 0.1) is 23.8 Å². The van der Waals surface area contributed by atoms with Crippen LogP contribution in [0.25, 0.3) is 0 Å². The number of hydrogen-bond acceptors (Lipinski definition) is 11. The number of nitrogens with two attached hydrogens (primary N) is 1. The van der Waals surface area contributed by atoms with Crippen LogP contribution < -0.4 is 17.0 Å². The summed E-state index contributed by atoms with van der Waals surface area (Å²) in [6, 6.07) is 0. The predicted molar refractivity (Wildman–Crippen MR) is 191 cm³/mol. The number of hydrogen-bond donors (Lipinski definition) is 2. The summed E-state index contributed by atoms with van der Waals surface area (Å²) in [4.78, 5) is 28.3. The molecule has 13 nitrogen and oxygen atoms in total. The Labute approximate surface area is 288 Å². The first kappa shape index (κ1) is 39.4. The molecule has 1 spiro atoms. The molecule has 0 amide bonds. The molecule has 0 aromatic carbocycles. The molecule has 0 bridgehead atoms. The molecule has 3 aliphatic rings. The Morgan fingerprint density at radius 1 is 1.02 bits per heavy atom. The standard InChI is InChI=1S/C31H57N3O10SSi3/c1-18(2)47(19(3)4)39-16-23(41-48(44-47,20(5)6)21(7)8)25-31(24(32)17-45(37,38)43-31)26(42-46(13,14)30(10,11)12)28(40-25)34-15-22(9)27(35)33-29(34)36/h15,17-21,23,25-26,28H,16,32H2,1-14H3,(H,33,35,36)/t23-,25?,26+,28-,31?/m1/s1. The highest BCUT2D eigenvalue weighted by atomic mass is 32.2. The minimum absolute atomic E-state index is 0.0129. The molecule has 4 heterocycles. The monoisotopic (exact) mass is 747 g/mol. The lowest BCUT2D eigenvalue weighted by Crippen LogP contribution is -2.62. The molecule has 0 aliphatic carbocycles. The zero-order valence-corrected chi connectivity index (χ0v) is 34.8. The van der Waals surface area contributed by atoms with Crippen molar-refractivity contribution >= 4 is 35.6 Å². The largest absolute Gasteiger partial charge is 0.414 e. The smallest absolute Gasteiger partial charge is 0.335 e. The first-order valence-electron chi connectivity index (χ1n) is 16.9. The fourth-order valence-electron chi connectivity index (χ4n) is 6.97. The molecule has 3 N–H and O–H groups in total. The van der Waals surface area contributed by atoms with E-state index in [1.807, 2.05) is 33.9 Å². The molecular formula is C31H57N3O10SSi3. The Bertz CT molecular complexity index is 1620. The number of H-pyrrole nitrogens is 1. The van der Waals surface area contributed by atoms with E-state index < -0.39 is 76.9 Å². The van der Waals surface area contributed by atoms with Gasteiger partial charge < -0.3 is 27.9 Å². The SMILES string of the molecule is Cc1cn([C@@H]2OC([C@H]3CO[Si](C(C)C)(C(C)C)O[Si](C(C)C)(C(C)C)O3)C3(OS(=O)(=O)C=C3N)[C@H]2O[Si](C)(C)C(C)(C)C)c(=O)[nH]c1=O. The van der Waals surface area contributed by atoms with E-state index in [4.69, 9.17) is 32.0 Å². The van der Waals surface area contributed by atoms with Crippen LogP contribution in [0.15, 0.2) is 26.9 Å². The van der Waals surface area contributed by atoms with Gasteiger partial charge in [-0.3, -0.25) is 14.3 Å². The first-order chi connectivity index (χ1) is 21.8. The second-order valence-corrected chi connectivity index (χ2v) is 31.3. The van der Waals surface area contributed by atoms with Crippen LogP contribution in [0.2, 0.25) is 40.3 Å². The minimum atomic E-state index is -4.32. The number of nitrogens with zero attached hydrogens (tertiary/aromatic N) is 1. The zero-order valence-electron chi connectivity index (χ0n) is 31.0. The van der Waals surface area contributed by atoms with Gasteiger partial charge in [-0.1, -0.05) is 76.2 Å². The fourth-order valence-corrected chi connectivity index (χ4v) is 20.6. The van der Waals surface area contributed by atoms with Crippen LogP contribution in [-0.4, -0.2) is 73.9 Å². The summed E-state index contributed by atoms with van der Waals surface area (Å²) >= 11 is 0. The highest BCUT2D eigenvalue weighted by molar-refractivity contribution is 7.90. The van der Waals surface area contributed by atoms with Crippen molar-refractivity contribution in [2.24, 2.45) is 5.73 Å². The average molecular weight is 748 g/mol. The molecule has 4 rings (SSSR count). The second-order valence-electron chi connectivity index (χ2n) is 16.3. The molecule has 5 atom stereocenters. The lowest BCUT2D eigenvalue weighted by atomic mass is 9.86. The summed E-state index contributed by atoms with van der Waals surface area (Å²) in [6.45, 7) is 28.5. The van der Waals surface area contributed by atoms with Crippen molar-refractivity contribution in [3.8, 4) is 0 Å². The molecule has 48 heavy (non-hydrogen) atoms. The van der Waals surface area contributed by atoms with Gasteiger partial charge in [-0.2, -0.15) is 8.42 Å². The number of aryl methyl sites for hydroxylation is 1. The van der Waals surface area contributed by atoms with E-state index in [2.05, 4.69) is 60.4 Å². The maximum atomic E-state index is 13.5. The highest BCUT2D eigenvalue weighted by Crippen LogP contribution is 2.55. The van der Waals surface area contributed by atoms with Gasteiger partial charge in [-0.15, -0.1) is 0 Å². The number of ether oxygens (including phenoxy) is 1. The summed E-state index contributed by atoms with van der Waals surface area (Å²) in [6.07, 6.45) is -3.26. The number of nitrogens with one attached hydrogen (secondary N) is 1. The Kier molecular flexibility index (Phi) is 10.6. The number of aromatic amines is 1. The van der Waals surface area contributed by atoms with Crippen LogP contribution in [0.1, 0.15) is 88.0 Å². The normalized spacial score (nSPS) is 30.5. The van der Waals surface area contributed by atoms with Crippen molar-refractivity contribution in [3.05, 3.63) is 43.7 Å². The summed E-state index contributed by atoms with van der Waals surface area (Å²) in [5, 5.41) is 0.547. The molecule has 1 aromatic heterocycles. The number of aromatic nitrogens is 2. The maximum Gasteiger partial charge on any atom is 0.335 e. The van der Waals surface area contributed by atoms with Crippen LogP contribution in [0.4, 0.5) is 0 Å². The summed E-state index contributed by atoms with van der Waals surface area (Å²) in [5.74, 6) is 0. The van der Waals surface area contributed by atoms with Gasteiger partial charge in [0.1, 0.15) is 12.2 Å². The van der Waals surface area contributed by atoms with E-state index in [0.717, 1.165) is 5.41 Å². The number of rotatable bonds is 8. The third-order valence-corrected chi connectivity index (χ3v) is 26.5. The lowest BCUT2D eigenvalue weighted by molar-refractivity contribution is -0.101. The molecule has 274 valence electrons. The van der Waals surface area contributed by atoms with E-state index >= 15 is 0 Å². The van der Waals surface area contributed by atoms with Gasteiger partial charge in [0.15, 0.2) is 20.1 Å². The highest BCUT2D eigenvalue weighted by Gasteiger charge is 2.71.